The summed E-state index contributed by atoms with van der Waals surface area (Å²) in [5.41, 5.74) is 1.58. The van der Waals surface area contributed by atoms with Crippen LogP contribution >= 0.6 is 11.3 Å². The monoisotopic (exact) mass is 315 g/mol. The molecule has 0 aliphatic rings. The molecular formula is C14H12F3NO2S. The number of carbonyl (C=O) groups excluding carboxylic acids is 1. The average Bonchev–Trinajstić information content (AvgIpc) is 2.82. The van der Waals surface area contributed by atoms with Crippen LogP contribution in [-0.4, -0.2) is 12.3 Å². The number of halogens is 3. The zero-order valence-electron chi connectivity index (χ0n) is 11.0. The number of alkyl halides is 3. The number of ether oxygens (including phenoxy) is 1. The number of hydrogen-bond donors (Lipinski definition) is 1. The third kappa shape index (κ3) is 4.49. The number of benzene rings is 1. The van der Waals surface area contributed by atoms with Crippen molar-refractivity contribution in [3.8, 4) is 5.75 Å². The largest absolute Gasteiger partial charge is 0.573 e. The molecule has 0 spiro atoms. The lowest BCUT2D eigenvalue weighted by atomic mass is 10.2. The van der Waals surface area contributed by atoms with Crippen LogP contribution in [0.4, 0.5) is 13.2 Å². The maximum Gasteiger partial charge on any atom is 0.573 e. The van der Waals surface area contributed by atoms with Crippen LogP contribution in [0.2, 0.25) is 0 Å². The Hall–Kier alpha value is -2.02. The van der Waals surface area contributed by atoms with Gasteiger partial charge in [-0.15, -0.1) is 24.5 Å². The standard InChI is InChI=1S/C14H12F3NO2S/c1-9-6-7-21-12(9)13(19)18-8-10-2-4-11(5-3-10)20-14(15,16)17/h2-7H,8H2,1H3,(H,18,19). The molecule has 1 N–H and O–H groups in total. The van der Waals surface area contributed by atoms with Crippen molar-refractivity contribution in [3.05, 3.63) is 51.7 Å². The van der Waals surface area contributed by atoms with E-state index in [-0.39, 0.29) is 18.2 Å². The summed E-state index contributed by atoms with van der Waals surface area (Å²) >= 11 is 1.34. The minimum absolute atomic E-state index is 0.196. The van der Waals surface area contributed by atoms with Crippen LogP contribution in [0.5, 0.6) is 5.75 Å². The van der Waals surface area contributed by atoms with E-state index in [2.05, 4.69) is 10.1 Å². The normalized spacial score (nSPS) is 11.2. The fourth-order valence-electron chi connectivity index (χ4n) is 1.68. The van der Waals surface area contributed by atoms with Crippen molar-refractivity contribution in [2.75, 3.05) is 0 Å². The molecule has 0 aliphatic carbocycles. The van der Waals surface area contributed by atoms with Gasteiger partial charge in [0.25, 0.3) is 5.91 Å². The first-order valence-electron chi connectivity index (χ1n) is 6.02. The molecule has 3 nitrogen and oxygen atoms in total. The summed E-state index contributed by atoms with van der Waals surface area (Å²) in [6.45, 7) is 2.08. The van der Waals surface area contributed by atoms with Gasteiger partial charge in [-0.25, -0.2) is 0 Å². The van der Waals surface area contributed by atoms with Crippen molar-refractivity contribution in [1.82, 2.24) is 5.32 Å². The predicted molar refractivity (Wildman–Crippen MR) is 73.4 cm³/mol. The highest BCUT2D eigenvalue weighted by atomic mass is 32.1. The van der Waals surface area contributed by atoms with E-state index in [0.29, 0.717) is 10.4 Å². The van der Waals surface area contributed by atoms with Crippen LogP contribution < -0.4 is 10.1 Å². The van der Waals surface area contributed by atoms with E-state index in [1.54, 1.807) is 0 Å². The lowest BCUT2D eigenvalue weighted by molar-refractivity contribution is -0.274. The molecule has 1 aromatic heterocycles. The van der Waals surface area contributed by atoms with Crippen LogP contribution in [0.25, 0.3) is 0 Å². The summed E-state index contributed by atoms with van der Waals surface area (Å²) in [6, 6.07) is 7.23. The highest BCUT2D eigenvalue weighted by Gasteiger charge is 2.30. The summed E-state index contributed by atoms with van der Waals surface area (Å²) in [7, 11) is 0. The molecule has 21 heavy (non-hydrogen) atoms. The Bertz CT molecular complexity index is 620. The SMILES string of the molecule is Cc1ccsc1C(=O)NCc1ccc(OC(F)(F)F)cc1. The third-order valence-electron chi connectivity index (χ3n) is 2.68. The number of amides is 1. The number of carbonyl (C=O) groups is 1. The van der Waals surface area contributed by atoms with Gasteiger partial charge in [-0.05, 0) is 41.6 Å². The molecule has 2 aromatic rings. The van der Waals surface area contributed by atoms with Gasteiger partial charge in [0.15, 0.2) is 0 Å². The summed E-state index contributed by atoms with van der Waals surface area (Å²) in [5.74, 6) is -0.482. The molecule has 0 radical (unpaired) electrons. The summed E-state index contributed by atoms with van der Waals surface area (Å²) in [6.07, 6.45) is -4.70. The Morgan fingerprint density at radius 1 is 1.24 bits per heavy atom. The number of hydrogen-bond acceptors (Lipinski definition) is 3. The van der Waals surface area contributed by atoms with E-state index in [0.717, 1.165) is 5.56 Å². The van der Waals surface area contributed by atoms with Crippen molar-refractivity contribution < 1.29 is 22.7 Å². The van der Waals surface area contributed by atoms with Crippen molar-refractivity contribution in [3.63, 3.8) is 0 Å². The second-order valence-electron chi connectivity index (χ2n) is 4.31. The van der Waals surface area contributed by atoms with Gasteiger partial charge in [0.05, 0.1) is 4.88 Å². The van der Waals surface area contributed by atoms with Crippen molar-refractivity contribution >= 4 is 17.2 Å². The Morgan fingerprint density at radius 2 is 1.90 bits per heavy atom. The van der Waals surface area contributed by atoms with E-state index in [9.17, 15) is 18.0 Å². The first-order chi connectivity index (χ1) is 9.85. The van der Waals surface area contributed by atoms with Crippen LogP contribution in [0.15, 0.2) is 35.7 Å². The average molecular weight is 315 g/mol. The number of nitrogens with one attached hydrogen (secondary N) is 1. The van der Waals surface area contributed by atoms with Gasteiger partial charge in [-0.1, -0.05) is 12.1 Å². The van der Waals surface area contributed by atoms with E-state index in [1.807, 2.05) is 18.4 Å². The molecule has 0 fully saturated rings. The van der Waals surface area contributed by atoms with Crippen molar-refractivity contribution in [2.45, 2.75) is 19.8 Å². The first kappa shape index (κ1) is 15.4. The fourth-order valence-corrected chi connectivity index (χ4v) is 2.52. The molecule has 1 heterocycles. The van der Waals surface area contributed by atoms with Crippen LogP contribution in [0.3, 0.4) is 0 Å². The molecule has 7 heteroatoms. The van der Waals surface area contributed by atoms with E-state index in [4.69, 9.17) is 0 Å². The Kier molecular flexibility index (Phi) is 4.52. The van der Waals surface area contributed by atoms with Gasteiger partial charge in [0.2, 0.25) is 0 Å². The first-order valence-corrected chi connectivity index (χ1v) is 6.90. The molecule has 2 rings (SSSR count). The predicted octanol–water partition coefficient (Wildman–Crippen LogP) is 3.89. The summed E-state index contributed by atoms with van der Waals surface area (Å²) in [5, 5.41) is 4.55. The Balaban J connectivity index is 1.92. The molecule has 1 aromatic carbocycles. The highest BCUT2D eigenvalue weighted by molar-refractivity contribution is 7.12. The molecule has 0 atom stereocenters. The number of rotatable bonds is 4. The van der Waals surface area contributed by atoms with Crippen LogP contribution in [-0.2, 0) is 6.54 Å². The van der Waals surface area contributed by atoms with Crippen molar-refractivity contribution in [2.24, 2.45) is 0 Å². The van der Waals surface area contributed by atoms with Crippen LogP contribution in [0, 0.1) is 6.92 Å². The van der Waals surface area contributed by atoms with Gasteiger partial charge in [0.1, 0.15) is 5.75 Å². The molecule has 112 valence electrons. The van der Waals surface area contributed by atoms with Gasteiger partial charge < -0.3 is 10.1 Å². The molecule has 1 amide bonds. The maximum absolute atomic E-state index is 12.0. The second kappa shape index (κ2) is 6.17. The zero-order chi connectivity index (χ0) is 15.5. The van der Waals surface area contributed by atoms with Crippen molar-refractivity contribution in [1.29, 1.82) is 0 Å². The minimum atomic E-state index is -4.70. The third-order valence-corrected chi connectivity index (χ3v) is 3.69. The van der Waals surface area contributed by atoms with Gasteiger partial charge in [0, 0.05) is 6.54 Å². The Labute approximate surface area is 123 Å². The maximum atomic E-state index is 12.0. The molecule has 0 unspecified atom stereocenters. The van der Waals surface area contributed by atoms with E-state index in [1.165, 1.54) is 35.6 Å². The summed E-state index contributed by atoms with van der Waals surface area (Å²) < 4.78 is 39.8. The van der Waals surface area contributed by atoms with Gasteiger partial charge in [-0.3, -0.25) is 4.79 Å². The number of thiophene rings is 1. The number of aryl methyl sites for hydroxylation is 1. The van der Waals surface area contributed by atoms with E-state index < -0.39 is 6.36 Å². The molecular weight excluding hydrogens is 303 g/mol. The highest BCUT2D eigenvalue weighted by Crippen LogP contribution is 2.22. The van der Waals surface area contributed by atoms with Crippen LogP contribution in [0.1, 0.15) is 20.8 Å². The van der Waals surface area contributed by atoms with E-state index >= 15 is 0 Å². The molecule has 0 saturated carbocycles. The summed E-state index contributed by atoms with van der Waals surface area (Å²) in [4.78, 5) is 12.5. The lowest BCUT2D eigenvalue weighted by Gasteiger charge is -2.09. The van der Waals surface area contributed by atoms with Gasteiger partial charge in [-0.2, -0.15) is 0 Å². The fraction of sp³-hybridized carbons (Fsp3) is 0.214. The quantitative estimate of drug-likeness (QED) is 0.929. The molecule has 0 saturated heterocycles. The molecule has 0 aliphatic heterocycles. The lowest BCUT2D eigenvalue weighted by Crippen LogP contribution is -2.22. The second-order valence-corrected chi connectivity index (χ2v) is 5.22. The smallest absolute Gasteiger partial charge is 0.406 e. The zero-order valence-corrected chi connectivity index (χ0v) is 11.8. The molecule has 0 bridgehead atoms. The topological polar surface area (TPSA) is 38.3 Å². The Morgan fingerprint density at radius 3 is 2.43 bits per heavy atom. The van der Waals surface area contributed by atoms with Gasteiger partial charge >= 0.3 is 6.36 Å². The minimum Gasteiger partial charge on any atom is -0.406 e.